The summed E-state index contributed by atoms with van der Waals surface area (Å²) in [5, 5.41) is 16.1. The van der Waals surface area contributed by atoms with E-state index in [4.69, 9.17) is 5.11 Å². The summed E-state index contributed by atoms with van der Waals surface area (Å²) in [5.41, 5.74) is 0. The zero-order valence-corrected chi connectivity index (χ0v) is 10.9. The minimum Gasteiger partial charge on any atom is -0.480 e. The Morgan fingerprint density at radius 1 is 1.17 bits per heavy atom. The van der Waals surface area contributed by atoms with Gasteiger partial charge in [0.2, 0.25) is 5.91 Å². The molecule has 0 saturated carbocycles. The van der Waals surface area contributed by atoms with Crippen LogP contribution in [0.2, 0.25) is 0 Å². The maximum absolute atomic E-state index is 11.5. The fourth-order valence-electron chi connectivity index (χ4n) is 1.34. The van der Waals surface area contributed by atoms with Crippen molar-refractivity contribution < 1.29 is 19.5 Å². The predicted octanol–water partition coefficient (Wildman–Crippen LogP) is 0.0635. The number of rotatable bonds is 7. The zero-order valence-electron chi connectivity index (χ0n) is 10.9. The van der Waals surface area contributed by atoms with E-state index in [1.54, 1.807) is 6.92 Å². The van der Waals surface area contributed by atoms with Crippen molar-refractivity contribution in [2.45, 2.75) is 45.7 Å². The van der Waals surface area contributed by atoms with Gasteiger partial charge in [0.15, 0.2) is 0 Å². The molecule has 0 rings (SSSR count). The van der Waals surface area contributed by atoms with E-state index < -0.39 is 24.1 Å². The van der Waals surface area contributed by atoms with E-state index >= 15 is 0 Å². The highest BCUT2D eigenvalue weighted by atomic mass is 16.4. The van der Waals surface area contributed by atoms with Crippen LogP contribution < -0.4 is 16.0 Å². The second-order valence-corrected chi connectivity index (χ2v) is 3.91. The molecule has 3 amide bonds. The highest BCUT2D eigenvalue weighted by Gasteiger charge is 2.21. The lowest BCUT2D eigenvalue weighted by molar-refractivity contribution is -0.139. The number of likely N-dealkylation sites (N-methyl/N-ethyl adjacent to an activating group) is 1. The van der Waals surface area contributed by atoms with Crippen molar-refractivity contribution in [3.05, 3.63) is 0 Å². The number of hydrogen-bond acceptors (Lipinski definition) is 3. The number of carbonyl (C=O) groups excluding carboxylic acids is 2. The van der Waals surface area contributed by atoms with Gasteiger partial charge < -0.3 is 21.1 Å². The van der Waals surface area contributed by atoms with E-state index in [1.807, 2.05) is 6.92 Å². The van der Waals surface area contributed by atoms with Gasteiger partial charge in [-0.1, -0.05) is 13.3 Å². The number of hydrogen-bond donors (Lipinski definition) is 4. The van der Waals surface area contributed by atoms with Crippen molar-refractivity contribution in [1.29, 1.82) is 0 Å². The summed E-state index contributed by atoms with van der Waals surface area (Å²) >= 11 is 0. The van der Waals surface area contributed by atoms with Crippen LogP contribution in [0.3, 0.4) is 0 Å². The van der Waals surface area contributed by atoms with Gasteiger partial charge in [0, 0.05) is 6.54 Å². The number of carboxylic acids is 1. The fraction of sp³-hybridized carbons (Fsp3) is 0.727. The van der Waals surface area contributed by atoms with Crippen molar-refractivity contribution in [1.82, 2.24) is 16.0 Å². The van der Waals surface area contributed by atoms with Crippen LogP contribution in [0.25, 0.3) is 0 Å². The molecule has 0 heterocycles. The molecule has 4 N–H and O–H groups in total. The van der Waals surface area contributed by atoms with Crippen molar-refractivity contribution in [3.8, 4) is 0 Å². The summed E-state index contributed by atoms with van der Waals surface area (Å²) < 4.78 is 0. The first-order valence-corrected chi connectivity index (χ1v) is 5.99. The van der Waals surface area contributed by atoms with Gasteiger partial charge in [-0.25, -0.2) is 9.59 Å². The molecule has 0 aromatic carbocycles. The van der Waals surface area contributed by atoms with Gasteiger partial charge in [0.1, 0.15) is 12.1 Å². The van der Waals surface area contributed by atoms with Crippen LogP contribution >= 0.6 is 0 Å². The number of carbonyl (C=O) groups is 3. The molecule has 0 saturated heterocycles. The molecule has 0 aromatic heterocycles. The molecular weight excluding hydrogens is 238 g/mol. The second-order valence-electron chi connectivity index (χ2n) is 3.91. The number of urea groups is 1. The first kappa shape index (κ1) is 16.2. The second kappa shape index (κ2) is 8.32. The standard InChI is InChI=1S/C11H21N3O4/c1-4-6-8(10(16)17)14-11(18)13-7(3)9(15)12-5-2/h7-8H,4-6H2,1-3H3,(H,12,15)(H,16,17)(H2,13,14,18)/t7?,8-/m0/s1. The smallest absolute Gasteiger partial charge is 0.326 e. The third-order valence-corrected chi connectivity index (χ3v) is 2.27. The van der Waals surface area contributed by atoms with E-state index in [0.717, 1.165) is 0 Å². The average Bonchev–Trinajstić information content (AvgIpc) is 2.28. The lowest BCUT2D eigenvalue weighted by atomic mass is 10.2. The summed E-state index contributed by atoms with van der Waals surface area (Å²) in [5.74, 6) is -1.40. The molecule has 7 heteroatoms. The molecule has 0 aliphatic carbocycles. The summed E-state index contributed by atoms with van der Waals surface area (Å²) in [7, 11) is 0. The molecule has 0 fully saturated rings. The average molecular weight is 259 g/mol. The van der Waals surface area contributed by atoms with Crippen LogP contribution in [-0.4, -0.2) is 41.6 Å². The van der Waals surface area contributed by atoms with Crippen molar-refractivity contribution in [2.75, 3.05) is 6.54 Å². The zero-order chi connectivity index (χ0) is 14.1. The van der Waals surface area contributed by atoms with Gasteiger partial charge in [-0.2, -0.15) is 0 Å². The van der Waals surface area contributed by atoms with Gasteiger partial charge in [-0.3, -0.25) is 4.79 Å². The number of carboxylic acid groups (broad SMARTS) is 1. The fourth-order valence-corrected chi connectivity index (χ4v) is 1.34. The first-order valence-electron chi connectivity index (χ1n) is 5.99. The molecule has 0 aliphatic rings. The first-order chi connectivity index (χ1) is 8.42. The van der Waals surface area contributed by atoms with Gasteiger partial charge >= 0.3 is 12.0 Å². The van der Waals surface area contributed by atoms with Crippen molar-refractivity contribution in [2.24, 2.45) is 0 Å². The van der Waals surface area contributed by atoms with E-state index in [-0.39, 0.29) is 5.91 Å². The number of amides is 3. The molecule has 0 spiro atoms. The van der Waals surface area contributed by atoms with E-state index in [1.165, 1.54) is 6.92 Å². The topological polar surface area (TPSA) is 108 Å². The molecule has 0 radical (unpaired) electrons. The van der Waals surface area contributed by atoms with Gasteiger partial charge in [0.25, 0.3) is 0 Å². The molecule has 0 aromatic rings. The molecule has 18 heavy (non-hydrogen) atoms. The normalized spacial score (nSPS) is 13.3. The molecule has 1 unspecified atom stereocenters. The monoisotopic (exact) mass is 259 g/mol. The van der Waals surface area contributed by atoms with E-state index in [9.17, 15) is 14.4 Å². The van der Waals surface area contributed by atoms with Crippen LogP contribution in [0.5, 0.6) is 0 Å². The summed E-state index contributed by atoms with van der Waals surface area (Å²) in [6.45, 7) is 5.60. The van der Waals surface area contributed by atoms with E-state index in [0.29, 0.717) is 19.4 Å². The Morgan fingerprint density at radius 2 is 1.78 bits per heavy atom. The van der Waals surface area contributed by atoms with Gasteiger partial charge in [-0.05, 0) is 20.3 Å². The van der Waals surface area contributed by atoms with Crippen LogP contribution in [0, 0.1) is 0 Å². The third kappa shape index (κ3) is 6.07. The summed E-state index contributed by atoms with van der Waals surface area (Å²) in [6.07, 6.45) is 0.988. The largest absolute Gasteiger partial charge is 0.480 e. The van der Waals surface area contributed by atoms with Crippen LogP contribution in [0.15, 0.2) is 0 Å². The molecule has 104 valence electrons. The van der Waals surface area contributed by atoms with Crippen LogP contribution in [-0.2, 0) is 9.59 Å². The minimum atomic E-state index is -1.09. The molecule has 0 aliphatic heterocycles. The molecule has 7 nitrogen and oxygen atoms in total. The Labute approximate surface area is 106 Å². The Bertz CT molecular complexity index is 307. The summed E-state index contributed by atoms with van der Waals surface area (Å²) in [6, 6.07) is -2.30. The number of aliphatic carboxylic acids is 1. The minimum absolute atomic E-state index is 0.310. The number of nitrogens with one attached hydrogen (secondary N) is 3. The third-order valence-electron chi connectivity index (χ3n) is 2.27. The van der Waals surface area contributed by atoms with Crippen molar-refractivity contribution in [3.63, 3.8) is 0 Å². The SMILES string of the molecule is CCC[C@H](NC(=O)NC(C)C(=O)NCC)C(=O)O. The molecular formula is C11H21N3O4. The highest BCUT2D eigenvalue weighted by molar-refractivity contribution is 5.88. The Kier molecular flexibility index (Phi) is 7.50. The quantitative estimate of drug-likeness (QED) is 0.518. The lowest BCUT2D eigenvalue weighted by Gasteiger charge is -2.17. The predicted molar refractivity (Wildman–Crippen MR) is 66.1 cm³/mol. The van der Waals surface area contributed by atoms with Gasteiger partial charge in [-0.15, -0.1) is 0 Å². The Hall–Kier alpha value is -1.79. The van der Waals surface area contributed by atoms with Crippen molar-refractivity contribution >= 4 is 17.9 Å². The van der Waals surface area contributed by atoms with Crippen LogP contribution in [0.4, 0.5) is 4.79 Å². The lowest BCUT2D eigenvalue weighted by Crippen LogP contribution is -2.52. The van der Waals surface area contributed by atoms with Crippen LogP contribution in [0.1, 0.15) is 33.6 Å². The maximum atomic E-state index is 11.5. The molecule has 0 bridgehead atoms. The Morgan fingerprint density at radius 3 is 2.22 bits per heavy atom. The Balaban J connectivity index is 4.23. The maximum Gasteiger partial charge on any atom is 0.326 e. The summed E-state index contributed by atoms with van der Waals surface area (Å²) in [4.78, 5) is 33.7. The van der Waals surface area contributed by atoms with E-state index in [2.05, 4.69) is 16.0 Å². The molecule has 2 atom stereocenters. The van der Waals surface area contributed by atoms with Gasteiger partial charge in [0.05, 0.1) is 0 Å². The highest BCUT2D eigenvalue weighted by Crippen LogP contribution is 1.96.